The molecule has 0 spiro atoms. The van der Waals surface area contributed by atoms with Crippen molar-refractivity contribution in [3.8, 4) is 11.8 Å². The zero-order valence-electron chi connectivity index (χ0n) is 32.6. The average molecular weight is 819 g/mol. The number of amides is 6. The number of rotatable bonds is 23. The summed E-state index contributed by atoms with van der Waals surface area (Å²) >= 11 is 0. The minimum atomic E-state index is -0.778. The van der Waals surface area contributed by atoms with Gasteiger partial charge in [0.2, 0.25) is 11.8 Å². The molecule has 2 saturated heterocycles. The van der Waals surface area contributed by atoms with E-state index >= 15 is 0 Å². The Morgan fingerprint density at radius 3 is 1.54 bits per heavy atom. The maximum atomic E-state index is 13.8. The van der Waals surface area contributed by atoms with E-state index in [4.69, 9.17) is 28.6 Å². The van der Waals surface area contributed by atoms with Gasteiger partial charge in [-0.25, -0.2) is 9.59 Å². The first-order valence-electron chi connectivity index (χ1n) is 19.3. The van der Waals surface area contributed by atoms with E-state index in [0.29, 0.717) is 27.9 Å². The minimum Gasteiger partial charge on any atom is -0.378 e. The Hall–Kier alpha value is -6.00. The van der Waals surface area contributed by atoms with Crippen LogP contribution in [0, 0.1) is 11.8 Å². The van der Waals surface area contributed by atoms with Crippen molar-refractivity contribution in [2.45, 2.75) is 57.9 Å². The highest BCUT2D eigenvalue weighted by atomic mass is 16.7. The first-order chi connectivity index (χ1) is 28.6. The Bertz CT molecular complexity index is 1840. The average Bonchev–Trinajstić information content (AvgIpc) is 3.71. The van der Waals surface area contributed by atoms with Crippen LogP contribution in [-0.2, 0) is 73.5 Å². The molecule has 5 rings (SSSR count). The van der Waals surface area contributed by atoms with E-state index in [0.717, 1.165) is 11.1 Å². The van der Waals surface area contributed by atoms with E-state index in [2.05, 4.69) is 11.8 Å². The number of fused-ring (bicyclic) bond motifs is 2. The highest BCUT2D eigenvalue weighted by molar-refractivity contribution is 6.02. The molecule has 2 fully saturated rings. The van der Waals surface area contributed by atoms with Gasteiger partial charge in [0.15, 0.2) is 0 Å². The maximum Gasteiger partial charge on any atom is 0.335 e. The molecule has 6 amide bonds. The number of benzene rings is 2. The number of hydrogen-bond acceptors (Lipinski definition) is 14. The summed E-state index contributed by atoms with van der Waals surface area (Å²) in [6.45, 7) is 1.39. The minimum absolute atomic E-state index is 0.000215. The van der Waals surface area contributed by atoms with Crippen molar-refractivity contribution in [3.05, 3.63) is 65.2 Å². The fraction of sp³-hybridized carbons (Fsp3) is 0.463. The summed E-state index contributed by atoms with van der Waals surface area (Å²) in [7, 11) is 0. The topological polar surface area (TPSA) is 205 Å². The molecule has 314 valence electrons. The van der Waals surface area contributed by atoms with E-state index in [1.807, 2.05) is 48.5 Å². The fourth-order valence-corrected chi connectivity index (χ4v) is 5.99. The van der Waals surface area contributed by atoms with Crippen molar-refractivity contribution in [2.75, 3.05) is 70.8 Å². The number of hydroxylamine groups is 4. The predicted octanol–water partition coefficient (Wildman–Crippen LogP) is 1.60. The van der Waals surface area contributed by atoms with Crippen LogP contribution in [0.2, 0.25) is 0 Å². The van der Waals surface area contributed by atoms with Gasteiger partial charge in [0, 0.05) is 62.7 Å². The van der Waals surface area contributed by atoms with E-state index in [1.165, 1.54) is 4.90 Å². The van der Waals surface area contributed by atoms with Crippen LogP contribution in [0.3, 0.4) is 0 Å². The summed E-state index contributed by atoms with van der Waals surface area (Å²) in [6, 6.07) is 15.0. The van der Waals surface area contributed by atoms with Crippen molar-refractivity contribution in [3.63, 3.8) is 0 Å². The lowest BCUT2D eigenvalue weighted by atomic mass is 10.0. The van der Waals surface area contributed by atoms with Crippen molar-refractivity contribution in [1.82, 2.24) is 15.0 Å². The second-order valence-electron chi connectivity index (χ2n) is 13.3. The number of carbonyl (C=O) groups is 8. The van der Waals surface area contributed by atoms with Gasteiger partial charge < -0.3 is 38.4 Å². The van der Waals surface area contributed by atoms with E-state index in [1.54, 1.807) is 4.90 Å². The molecule has 0 aliphatic carbocycles. The number of imide groups is 2. The number of ether oxygens (including phenoxy) is 4. The molecule has 0 saturated carbocycles. The number of hydrogen-bond donors (Lipinski definition) is 0. The summed E-state index contributed by atoms with van der Waals surface area (Å²) in [4.78, 5) is 110. The number of nitrogens with zero attached hydrogens (tertiary/aromatic N) is 4. The van der Waals surface area contributed by atoms with Crippen LogP contribution in [-0.4, -0.2) is 128 Å². The smallest absolute Gasteiger partial charge is 0.335 e. The molecular weight excluding hydrogens is 772 g/mol. The fourth-order valence-electron chi connectivity index (χ4n) is 5.99. The molecule has 2 aromatic rings. The number of anilines is 1. The summed E-state index contributed by atoms with van der Waals surface area (Å²) in [5.41, 5.74) is 3.08. The van der Waals surface area contributed by atoms with Gasteiger partial charge in [-0.1, -0.05) is 42.2 Å². The Kier molecular flexibility index (Phi) is 17.1. The molecule has 3 aliphatic heterocycles. The Morgan fingerprint density at radius 2 is 1.00 bits per heavy atom. The molecule has 18 heteroatoms. The van der Waals surface area contributed by atoms with Crippen LogP contribution < -0.4 is 4.90 Å². The van der Waals surface area contributed by atoms with Gasteiger partial charge in [0.1, 0.15) is 0 Å². The van der Waals surface area contributed by atoms with Gasteiger partial charge in [-0.15, -0.1) is 10.1 Å². The molecule has 0 aromatic heterocycles. The summed E-state index contributed by atoms with van der Waals surface area (Å²) in [6.07, 6.45) is -0.496. The third kappa shape index (κ3) is 13.5. The molecule has 0 N–H and O–H groups in total. The maximum absolute atomic E-state index is 13.8. The molecule has 3 aliphatic rings. The lowest BCUT2D eigenvalue weighted by molar-refractivity contribution is -0.198. The third-order valence-corrected chi connectivity index (χ3v) is 9.13. The van der Waals surface area contributed by atoms with Crippen LogP contribution in [0.15, 0.2) is 48.5 Å². The molecule has 59 heavy (non-hydrogen) atoms. The van der Waals surface area contributed by atoms with Gasteiger partial charge in [-0.3, -0.25) is 28.8 Å². The van der Waals surface area contributed by atoms with Crippen LogP contribution >= 0.6 is 0 Å². The highest BCUT2D eigenvalue weighted by Gasteiger charge is 2.33. The lowest BCUT2D eigenvalue weighted by Crippen LogP contribution is -2.38. The SMILES string of the molecule is O=C(CCOCCOCCN(CCOCCOCCC(=O)ON1C(=O)CCC1=O)C(=O)CCC(=O)N1Cc2ccccc2C#Cc2ccccc21)ON1C(=O)CCC1=O. The molecule has 0 radical (unpaired) electrons. The van der Waals surface area contributed by atoms with Crippen molar-refractivity contribution >= 4 is 53.1 Å². The monoisotopic (exact) mass is 818 g/mol. The lowest BCUT2D eigenvalue weighted by Gasteiger charge is -2.27. The summed E-state index contributed by atoms with van der Waals surface area (Å²) in [5, 5.41) is 0.954. The van der Waals surface area contributed by atoms with Gasteiger partial charge in [0.25, 0.3) is 23.6 Å². The first kappa shape index (κ1) is 44.1. The molecule has 0 atom stereocenters. The highest BCUT2D eigenvalue weighted by Crippen LogP contribution is 2.26. The second kappa shape index (κ2) is 22.8. The van der Waals surface area contributed by atoms with E-state index < -0.39 is 35.6 Å². The zero-order valence-corrected chi connectivity index (χ0v) is 32.6. The molecule has 3 heterocycles. The van der Waals surface area contributed by atoms with E-state index in [-0.39, 0.29) is 129 Å². The number of para-hydroxylation sites is 1. The number of carbonyl (C=O) groups excluding carboxylic acids is 8. The van der Waals surface area contributed by atoms with Gasteiger partial charge >= 0.3 is 11.9 Å². The second-order valence-corrected chi connectivity index (χ2v) is 13.3. The first-order valence-corrected chi connectivity index (χ1v) is 19.3. The standard InChI is InChI=1S/C41H46N4O14/c46-34(11-12-35(47)43-29-32-7-2-1-5-30(32)9-10-31-6-3-4-8-33(31)43)42(19-23-56-27-25-54-21-17-40(52)58-44-36(48)13-14-37(44)49)20-24-57-28-26-55-22-18-41(53)59-45-38(50)15-16-39(45)51/h1-8H,11-29H2. The molecule has 18 nitrogen and oxygen atoms in total. The van der Waals surface area contributed by atoms with Crippen LogP contribution in [0.1, 0.15) is 68.1 Å². The van der Waals surface area contributed by atoms with Crippen molar-refractivity contribution in [1.29, 1.82) is 0 Å². The predicted molar refractivity (Wildman–Crippen MR) is 203 cm³/mol. The molecule has 0 bridgehead atoms. The molecule has 0 unspecified atom stereocenters. The van der Waals surface area contributed by atoms with Crippen LogP contribution in [0.5, 0.6) is 0 Å². The van der Waals surface area contributed by atoms with Gasteiger partial charge in [0.05, 0.1) is 77.9 Å². The Morgan fingerprint density at radius 1 is 0.542 bits per heavy atom. The molecule has 2 aromatic carbocycles. The summed E-state index contributed by atoms with van der Waals surface area (Å²) in [5.74, 6) is 2.01. The quantitative estimate of drug-likeness (QED) is 0.0888. The van der Waals surface area contributed by atoms with E-state index in [9.17, 15) is 38.4 Å². The van der Waals surface area contributed by atoms with Crippen molar-refractivity contribution < 1.29 is 67.0 Å². The summed E-state index contributed by atoms with van der Waals surface area (Å²) < 4.78 is 22.1. The molecular formula is C41H46N4O14. The Labute approximate surface area is 340 Å². The van der Waals surface area contributed by atoms with Gasteiger partial charge in [-0.05, 0) is 23.8 Å². The van der Waals surface area contributed by atoms with Crippen LogP contribution in [0.25, 0.3) is 0 Å². The van der Waals surface area contributed by atoms with Crippen LogP contribution in [0.4, 0.5) is 5.69 Å². The zero-order chi connectivity index (χ0) is 42.0. The largest absolute Gasteiger partial charge is 0.378 e. The Balaban J connectivity index is 1.05. The normalized spacial score (nSPS) is 14.6. The van der Waals surface area contributed by atoms with Gasteiger partial charge in [-0.2, -0.15) is 0 Å². The van der Waals surface area contributed by atoms with Crippen molar-refractivity contribution in [2.24, 2.45) is 0 Å². The third-order valence-electron chi connectivity index (χ3n) is 9.13.